The fourth-order valence-corrected chi connectivity index (χ4v) is 3.34. The van der Waals surface area contributed by atoms with Crippen molar-refractivity contribution in [2.75, 3.05) is 25.4 Å². The molecule has 1 aliphatic rings. The van der Waals surface area contributed by atoms with Crippen molar-refractivity contribution >= 4 is 17.7 Å². The van der Waals surface area contributed by atoms with E-state index in [0.29, 0.717) is 17.8 Å². The van der Waals surface area contributed by atoms with Crippen LogP contribution in [0.5, 0.6) is 0 Å². The summed E-state index contributed by atoms with van der Waals surface area (Å²) in [5, 5.41) is 11.9. The Hall–Kier alpha value is -1.08. The van der Waals surface area contributed by atoms with Crippen molar-refractivity contribution in [1.29, 1.82) is 0 Å². The predicted octanol–water partition coefficient (Wildman–Crippen LogP) is 1.55. The molecule has 0 spiro atoms. The summed E-state index contributed by atoms with van der Waals surface area (Å²) in [5.41, 5.74) is 0. The molecule has 2 rings (SSSR count). The molecule has 21 heavy (non-hydrogen) atoms. The zero-order valence-corrected chi connectivity index (χ0v) is 13.9. The van der Waals surface area contributed by atoms with Gasteiger partial charge in [0.2, 0.25) is 5.91 Å². The Morgan fingerprint density at radius 2 is 2.19 bits per heavy atom. The molecule has 0 bridgehead atoms. The number of piperidine rings is 1. The van der Waals surface area contributed by atoms with Crippen LogP contribution in [0.2, 0.25) is 0 Å². The molecule has 0 unspecified atom stereocenters. The smallest absolute Gasteiger partial charge is 0.230 e. The number of aromatic nitrogens is 3. The molecule has 1 fully saturated rings. The van der Waals surface area contributed by atoms with Gasteiger partial charge in [-0.25, -0.2) is 0 Å². The van der Waals surface area contributed by atoms with Crippen molar-refractivity contribution in [2.24, 2.45) is 0 Å². The van der Waals surface area contributed by atoms with Crippen LogP contribution in [0.3, 0.4) is 0 Å². The van der Waals surface area contributed by atoms with Gasteiger partial charge in [-0.3, -0.25) is 4.79 Å². The summed E-state index contributed by atoms with van der Waals surface area (Å²) in [5.74, 6) is 0.493. The lowest BCUT2D eigenvalue weighted by atomic mass is 10.1. The maximum Gasteiger partial charge on any atom is 0.230 e. The zero-order chi connectivity index (χ0) is 15.2. The van der Waals surface area contributed by atoms with Gasteiger partial charge in [-0.15, -0.1) is 10.2 Å². The first-order valence-electron chi connectivity index (χ1n) is 7.64. The highest BCUT2D eigenvalue weighted by Gasteiger charge is 2.20. The van der Waals surface area contributed by atoms with Gasteiger partial charge in [0, 0.05) is 25.2 Å². The maximum atomic E-state index is 12.0. The summed E-state index contributed by atoms with van der Waals surface area (Å²) in [7, 11) is 0. The summed E-state index contributed by atoms with van der Waals surface area (Å²) >= 11 is 1.45. The fourth-order valence-electron chi connectivity index (χ4n) is 2.48. The number of carbonyl (C=O) groups is 1. The highest BCUT2D eigenvalue weighted by atomic mass is 32.2. The van der Waals surface area contributed by atoms with Crippen molar-refractivity contribution in [3.05, 3.63) is 6.33 Å². The average Bonchev–Trinajstić information content (AvgIpc) is 2.94. The Bertz CT molecular complexity index is 454. The van der Waals surface area contributed by atoms with E-state index in [4.69, 9.17) is 0 Å². The average molecular weight is 311 g/mol. The van der Waals surface area contributed by atoms with Crippen LogP contribution in [0.4, 0.5) is 0 Å². The monoisotopic (exact) mass is 311 g/mol. The van der Waals surface area contributed by atoms with Gasteiger partial charge in [0.05, 0.1) is 5.75 Å². The fraction of sp³-hybridized carbons (Fsp3) is 0.786. The molecule has 1 aliphatic heterocycles. The van der Waals surface area contributed by atoms with Gasteiger partial charge < -0.3 is 14.8 Å². The third-order valence-corrected chi connectivity index (χ3v) is 4.79. The number of hydrogen-bond acceptors (Lipinski definition) is 5. The van der Waals surface area contributed by atoms with Crippen molar-refractivity contribution in [1.82, 2.24) is 25.0 Å². The van der Waals surface area contributed by atoms with Gasteiger partial charge in [-0.05, 0) is 33.2 Å². The maximum absolute atomic E-state index is 12.0. The second-order valence-electron chi connectivity index (χ2n) is 5.68. The first kappa shape index (κ1) is 16.3. The molecule has 6 nitrogen and oxygen atoms in total. The van der Waals surface area contributed by atoms with Crippen LogP contribution in [0.25, 0.3) is 0 Å². The molecule has 2 heterocycles. The van der Waals surface area contributed by atoms with Crippen LogP contribution in [-0.4, -0.2) is 57.0 Å². The minimum atomic E-state index is 0.0910. The van der Waals surface area contributed by atoms with Gasteiger partial charge in [-0.1, -0.05) is 18.7 Å². The first-order valence-corrected chi connectivity index (χ1v) is 8.62. The van der Waals surface area contributed by atoms with E-state index in [-0.39, 0.29) is 5.91 Å². The number of hydrogen-bond donors (Lipinski definition) is 1. The van der Waals surface area contributed by atoms with E-state index in [2.05, 4.69) is 41.2 Å². The van der Waals surface area contributed by atoms with Crippen LogP contribution in [0.15, 0.2) is 11.5 Å². The number of likely N-dealkylation sites (tertiary alicyclic amines) is 1. The zero-order valence-electron chi connectivity index (χ0n) is 13.1. The molecule has 0 aromatic carbocycles. The van der Waals surface area contributed by atoms with Crippen LogP contribution in [-0.2, 0) is 4.79 Å². The summed E-state index contributed by atoms with van der Waals surface area (Å²) in [6.07, 6.45) is 3.81. The van der Waals surface area contributed by atoms with E-state index in [1.807, 2.05) is 4.57 Å². The Labute approximate surface area is 130 Å². The van der Waals surface area contributed by atoms with Gasteiger partial charge in [-0.2, -0.15) is 0 Å². The lowest BCUT2D eigenvalue weighted by Gasteiger charge is -2.31. The second-order valence-corrected chi connectivity index (χ2v) is 6.62. The SMILES string of the molecule is CCN1CCC(NC(=O)CSc2nncn2C(C)C)CC1. The summed E-state index contributed by atoms with van der Waals surface area (Å²) in [6, 6.07) is 0.632. The van der Waals surface area contributed by atoms with E-state index in [1.165, 1.54) is 11.8 Å². The van der Waals surface area contributed by atoms with Crippen molar-refractivity contribution in [2.45, 2.75) is 50.9 Å². The van der Waals surface area contributed by atoms with Gasteiger partial charge in [0.25, 0.3) is 0 Å². The third-order valence-electron chi connectivity index (χ3n) is 3.83. The third kappa shape index (κ3) is 4.71. The van der Waals surface area contributed by atoms with Gasteiger partial charge in [0.15, 0.2) is 5.16 Å². The van der Waals surface area contributed by atoms with Crippen molar-refractivity contribution < 1.29 is 4.79 Å². The summed E-state index contributed by atoms with van der Waals surface area (Å²) in [4.78, 5) is 14.5. The molecule has 0 radical (unpaired) electrons. The lowest BCUT2D eigenvalue weighted by molar-refractivity contribution is -0.119. The van der Waals surface area contributed by atoms with E-state index >= 15 is 0 Å². The minimum Gasteiger partial charge on any atom is -0.353 e. The van der Waals surface area contributed by atoms with E-state index in [0.717, 1.165) is 37.6 Å². The van der Waals surface area contributed by atoms with E-state index in [9.17, 15) is 4.79 Å². The second kappa shape index (κ2) is 7.79. The number of carbonyl (C=O) groups excluding carboxylic acids is 1. The standard InChI is InChI=1S/C14H25N5OS/c1-4-18-7-5-12(6-8-18)16-13(20)9-21-14-17-15-10-19(14)11(2)3/h10-12H,4-9H2,1-3H3,(H,16,20). The van der Waals surface area contributed by atoms with Crippen LogP contribution < -0.4 is 5.32 Å². The summed E-state index contributed by atoms with van der Waals surface area (Å²) in [6.45, 7) is 9.60. The van der Waals surface area contributed by atoms with Crippen LogP contribution >= 0.6 is 11.8 Å². The molecule has 7 heteroatoms. The first-order chi connectivity index (χ1) is 10.1. The topological polar surface area (TPSA) is 63.1 Å². The molecule has 1 aromatic heterocycles. The number of nitrogens with zero attached hydrogens (tertiary/aromatic N) is 4. The molecule has 1 N–H and O–H groups in total. The highest BCUT2D eigenvalue weighted by molar-refractivity contribution is 7.99. The molecule has 0 saturated carbocycles. The van der Waals surface area contributed by atoms with Gasteiger partial charge >= 0.3 is 0 Å². The molecular formula is C14H25N5OS. The molecule has 0 aliphatic carbocycles. The summed E-state index contributed by atoms with van der Waals surface area (Å²) < 4.78 is 1.98. The Balaban J connectivity index is 1.74. The molecular weight excluding hydrogens is 286 g/mol. The Morgan fingerprint density at radius 3 is 2.81 bits per heavy atom. The van der Waals surface area contributed by atoms with E-state index < -0.39 is 0 Å². The number of thioether (sulfide) groups is 1. The molecule has 1 aromatic rings. The quantitative estimate of drug-likeness (QED) is 0.808. The largest absolute Gasteiger partial charge is 0.353 e. The number of amides is 1. The van der Waals surface area contributed by atoms with E-state index in [1.54, 1.807) is 6.33 Å². The minimum absolute atomic E-state index is 0.0910. The van der Waals surface area contributed by atoms with Crippen LogP contribution in [0, 0.1) is 0 Å². The Kier molecular flexibility index (Phi) is 6.05. The molecule has 0 atom stereocenters. The lowest BCUT2D eigenvalue weighted by Crippen LogP contribution is -2.45. The number of nitrogens with one attached hydrogen (secondary N) is 1. The molecule has 1 amide bonds. The Morgan fingerprint density at radius 1 is 1.48 bits per heavy atom. The van der Waals surface area contributed by atoms with Crippen molar-refractivity contribution in [3.63, 3.8) is 0 Å². The van der Waals surface area contributed by atoms with Crippen molar-refractivity contribution in [3.8, 4) is 0 Å². The van der Waals surface area contributed by atoms with Gasteiger partial charge in [0.1, 0.15) is 6.33 Å². The molecule has 118 valence electrons. The number of rotatable bonds is 6. The highest BCUT2D eigenvalue weighted by Crippen LogP contribution is 2.18. The van der Waals surface area contributed by atoms with Crippen LogP contribution in [0.1, 0.15) is 39.7 Å². The predicted molar refractivity (Wildman–Crippen MR) is 84.4 cm³/mol. The normalized spacial score (nSPS) is 17.3. The molecule has 1 saturated heterocycles.